The predicted molar refractivity (Wildman–Crippen MR) is 50.1 cm³/mol. The minimum Gasteiger partial charge on any atom is -0.478 e. The number of nitrogens with one attached hydrogen (secondary N) is 1. The summed E-state index contributed by atoms with van der Waals surface area (Å²) < 4.78 is 5.35. The van der Waals surface area contributed by atoms with Crippen molar-refractivity contribution in [1.29, 1.82) is 5.41 Å². The van der Waals surface area contributed by atoms with E-state index >= 15 is 0 Å². The lowest BCUT2D eigenvalue weighted by atomic mass is 10.1. The molecule has 0 saturated carbocycles. The van der Waals surface area contributed by atoms with E-state index in [9.17, 15) is 0 Å². The fourth-order valence-electron chi connectivity index (χ4n) is 1.06. The van der Waals surface area contributed by atoms with Crippen LogP contribution < -0.4 is 0 Å². The van der Waals surface area contributed by atoms with Gasteiger partial charge in [0.2, 0.25) is 0 Å². The minimum absolute atomic E-state index is 0.0800. The van der Waals surface area contributed by atoms with Gasteiger partial charge in [-0.05, 0) is 20.3 Å². The van der Waals surface area contributed by atoms with Gasteiger partial charge in [0.15, 0.2) is 5.90 Å². The van der Waals surface area contributed by atoms with Crippen molar-refractivity contribution in [3.05, 3.63) is 0 Å². The van der Waals surface area contributed by atoms with Crippen molar-refractivity contribution < 1.29 is 4.74 Å². The molecule has 0 unspecified atom stereocenters. The Bertz CT molecular complexity index is 219. The summed E-state index contributed by atoms with van der Waals surface area (Å²) in [5, 5.41) is 7.47. The van der Waals surface area contributed by atoms with Crippen LogP contribution in [-0.4, -0.2) is 23.8 Å². The van der Waals surface area contributed by atoms with E-state index in [1.165, 1.54) is 0 Å². The van der Waals surface area contributed by atoms with E-state index in [0.29, 0.717) is 18.7 Å². The molecular weight excluding hydrogens is 152 g/mol. The van der Waals surface area contributed by atoms with Crippen LogP contribution in [-0.2, 0) is 4.74 Å². The molecule has 1 heterocycles. The largest absolute Gasteiger partial charge is 0.478 e. The molecule has 0 aromatic heterocycles. The Labute approximate surface area is 73.3 Å². The van der Waals surface area contributed by atoms with Crippen LogP contribution in [0.4, 0.5) is 0 Å². The van der Waals surface area contributed by atoms with Gasteiger partial charge < -0.3 is 10.1 Å². The summed E-state index contributed by atoms with van der Waals surface area (Å²) >= 11 is 0. The number of ether oxygens (including phenoxy) is 1. The molecule has 1 N–H and O–H groups in total. The third-order valence-corrected chi connectivity index (χ3v) is 1.81. The van der Waals surface area contributed by atoms with Gasteiger partial charge in [0.1, 0.15) is 6.61 Å². The Kier molecular flexibility index (Phi) is 2.50. The fraction of sp³-hybridized carbons (Fsp3) is 0.778. The lowest BCUT2D eigenvalue weighted by Crippen LogP contribution is -2.17. The third kappa shape index (κ3) is 2.32. The average Bonchev–Trinajstić information content (AvgIpc) is 2.30. The lowest BCUT2D eigenvalue weighted by Gasteiger charge is -2.07. The number of hydrogen-bond acceptors (Lipinski definition) is 3. The van der Waals surface area contributed by atoms with Crippen molar-refractivity contribution in [1.82, 2.24) is 0 Å². The van der Waals surface area contributed by atoms with Crippen LogP contribution >= 0.6 is 0 Å². The van der Waals surface area contributed by atoms with Crippen LogP contribution in [0.1, 0.15) is 33.6 Å². The summed E-state index contributed by atoms with van der Waals surface area (Å²) in [5.41, 5.74) is 0.607. The Morgan fingerprint density at radius 1 is 1.67 bits per heavy atom. The molecule has 0 radical (unpaired) electrons. The van der Waals surface area contributed by atoms with Gasteiger partial charge in [0, 0.05) is 5.71 Å². The molecule has 12 heavy (non-hydrogen) atoms. The molecule has 0 spiro atoms. The first-order valence-corrected chi connectivity index (χ1v) is 4.31. The normalized spacial score (nSPS) is 20.1. The van der Waals surface area contributed by atoms with Crippen molar-refractivity contribution in [2.45, 2.75) is 39.2 Å². The molecule has 0 aromatic rings. The minimum atomic E-state index is -0.0800. The van der Waals surface area contributed by atoms with Crippen molar-refractivity contribution in [2.75, 3.05) is 6.61 Å². The molecule has 0 fully saturated rings. The van der Waals surface area contributed by atoms with Crippen molar-refractivity contribution in [3.8, 4) is 0 Å². The SMILES string of the molecule is CCC(=N)CC1=NC(C)(C)CO1. The summed E-state index contributed by atoms with van der Waals surface area (Å²) in [7, 11) is 0. The Morgan fingerprint density at radius 2 is 2.33 bits per heavy atom. The first kappa shape index (κ1) is 9.23. The Morgan fingerprint density at radius 3 is 2.75 bits per heavy atom. The van der Waals surface area contributed by atoms with E-state index in [2.05, 4.69) is 4.99 Å². The third-order valence-electron chi connectivity index (χ3n) is 1.81. The fourth-order valence-corrected chi connectivity index (χ4v) is 1.06. The molecular formula is C9H16N2O. The zero-order valence-corrected chi connectivity index (χ0v) is 7.98. The van der Waals surface area contributed by atoms with Gasteiger partial charge in [-0.1, -0.05) is 6.92 Å². The first-order valence-electron chi connectivity index (χ1n) is 4.31. The number of aliphatic imine (C=N–C) groups is 1. The summed E-state index contributed by atoms with van der Waals surface area (Å²) in [6.45, 7) is 6.70. The van der Waals surface area contributed by atoms with Gasteiger partial charge in [-0.3, -0.25) is 0 Å². The van der Waals surface area contributed by atoms with Gasteiger partial charge in [0.25, 0.3) is 0 Å². The molecule has 68 valence electrons. The summed E-state index contributed by atoms with van der Waals surface area (Å²) in [5.74, 6) is 0.729. The van der Waals surface area contributed by atoms with Gasteiger partial charge in [-0.2, -0.15) is 0 Å². The van der Waals surface area contributed by atoms with Crippen molar-refractivity contribution in [3.63, 3.8) is 0 Å². The smallest absolute Gasteiger partial charge is 0.189 e. The van der Waals surface area contributed by atoms with Gasteiger partial charge in [0.05, 0.1) is 12.0 Å². The second-order valence-electron chi connectivity index (χ2n) is 3.74. The molecule has 0 saturated heterocycles. The maximum atomic E-state index is 7.47. The summed E-state index contributed by atoms with van der Waals surface area (Å²) in [4.78, 5) is 4.36. The molecule has 0 aromatic carbocycles. The maximum Gasteiger partial charge on any atom is 0.189 e. The van der Waals surface area contributed by atoms with Crippen molar-refractivity contribution >= 4 is 11.6 Å². The number of nitrogens with zero attached hydrogens (tertiary/aromatic N) is 1. The summed E-state index contributed by atoms with van der Waals surface area (Å²) in [6.07, 6.45) is 1.36. The molecule has 1 aliphatic heterocycles. The zero-order valence-electron chi connectivity index (χ0n) is 7.98. The first-order chi connectivity index (χ1) is 5.53. The second-order valence-corrected chi connectivity index (χ2v) is 3.74. The Balaban J connectivity index is 2.50. The van der Waals surface area contributed by atoms with Gasteiger partial charge in [-0.25, -0.2) is 4.99 Å². The van der Waals surface area contributed by atoms with E-state index in [1.807, 2.05) is 20.8 Å². The molecule has 0 amide bonds. The monoisotopic (exact) mass is 168 g/mol. The van der Waals surface area contributed by atoms with Crippen molar-refractivity contribution in [2.24, 2.45) is 4.99 Å². The molecule has 0 bridgehead atoms. The van der Waals surface area contributed by atoms with Gasteiger partial charge in [-0.15, -0.1) is 0 Å². The highest BCUT2D eigenvalue weighted by atomic mass is 16.5. The molecule has 3 nitrogen and oxygen atoms in total. The van der Waals surface area contributed by atoms with Crippen LogP contribution in [0.25, 0.3) is 0 Å². The standard InChI is InChI=1S/C9H16N2O/c1-4-7(10)5-8-11-9(2,3)6-12-8/h10H,4-6H2,1-3H3. The average molecular weight is 168 g/mol. The van der Waals surface area contributed by atoms with Gasteiger partial charge >= 0.3 is 0 Å². The van der Waals surface area contributed by atoms with Crippen LogP contribution in [0.3, 0.4) is 0 Å². The van der Waals surface area contributed by atoms with E-state index < -0.39 is 0 Å². The summed E-state index contributed by atoms with van der Waals surface area (Å²) in [6, 6.07) is 0. The zero-order chi connectivity index (χ0) is 9.19. The molecule has 0 atom stereocenters. The molecule has 1 aliphatic rings. The highest BCUT2D eigenvalue weighted by Crippen LogP contribution is 2.18. The molecule has 0 aliphatic carbocycles. The van der Waals surface area contributed by atoms with Crippen LogP contribution in [0, 0.1) is 5.41 Å². The van der Waals surface area contributed by atoms with Crippen LogP contribution in [0.2, 0.25) is 0 Å². The van der Waals surface area contributed by atoms with E-state index in [1.54, 1.807) is 0 Å². The number of hydrogen-bond donors (Lipinski definition) is 1. The molecule has 3 heteroatoms. The van der Waals surface area contributed by atoms with E-state index in [-0.39, 0.29) is 5.54 Å². The highest BCUT2D eigenvalue weighted by Gasteiger charge is 2.26. The lowest BCUT2D eigenvalue weighted by molar-refractivity contribution is 0.276. The van der Waals surface area contributed by atoms with Crippen LogP contribution in [0.15, 0.2) is 4.99 Å². The molecule has 1 rings (SSSR count). The maximum absolute atomic E-state index is 7.47. The topological polar surface area (TPSA) is 45.4 Å². The quantitative estimate of drug-likeness (QED) is 0.644. The predicted octanol–water partition coefficient (Wildman–Crippen LogP) is 2.01. The second kappa shape index (κ2) is 3.25. The Hall–Kier alpha value is -0.860. The van der Waals surface area contributed by atoms with E-state index in [0.717, 1.165) is 12.3 Å². The number of rotatable bonds is 3. The van der Waals surface area contributed by atoms with E-state index in [4.69, 9.17) is 10.1 Å². The highest BCUT2D eigenvalue weighted by molar-refractivity contribution is 6.00. The van der Waals surface area contributed by atoms with Crippen LogP contribution in [0.5, 0.6) is 0 Å².